The predicted octanol–water partition coefficient (Wildman–Crippen LogP) is 1.72. The van der Waals surface area contributed by atoms with Crippen molar-refractivity contribution >= 4 is 16.9 Å². The van der Waals surface area contributed by atoms with Gasteiger partial charge in [0.1, 0.15) is 11.3 Å². The molecule has 0 atom stereocenters. The third-order valence-corrected chi connectivity index (χ3v) is 2.99. The number of aromatic nitrogens is 4. The molecule has 2 aromatic heterocycles. The Labute approximate surface area is 127 Å². The molecule has 0 aliphatic heterocycles. The fourth-order valence-corrected chi connectivity index (χ4v) is 2.02. The SMILES string of the molecule is CC(C)(O)C#Cc1ccc2[nH]nc(-c3ccnc(N)n3)c2c1. The second kappa shape index (κ2) is 5.13. The Bertz CT molecular complexity index is 896. The van der Waals surface area contributed by atoms with Crippen molar-refractivity contribution in [3.8, 4) is 23.2 Å². The van der Waals surface area contributed by atoms with Gasteiger partial charge in [-0.15, -0.1) is 0 Å². The highest BCUT2D eigenvalue weighted by Gasteiger charge is 2.11. The van der Waals surface area contributed by atoms with Crippen molar-refractivity contribution in [2.75, 3.05) is 5.73 Å². The van der Waals surface area contributed by atoms with Crippen LogP contribution < -0.4 is 5.73 Å². The van der Waals surface area contributed by atoms with Gasteiger partial charge in [-0.3, -0.25) is 5.10 Å². The standard InChI is InChI=1S/C16H15N5O/c1-16(2,22)7-5-10-3-4-12-11(9-10)14(21-20-12)13-6-8-18-15(17)19-13/h3-4,6,8-9,22H,1-2H3,(H,20,21)(H2,17,18,19). The number of nitrogens with one attached hydrogen (secondary N) is 1. The number of benzene rings is 1. The number of nitrogens with two attached hydrogens (primary N) is 1. The van der Waals surface area contributed by atoms with Gasteiger partial charge in [0.05, 0.1) is 11.2 Å². The maximum atomic E-state index is 9.69. The molecule has 1 aromatic carbocycles. The van der Waals surface area contributed by atoms with Crippen molar-refractivity contribution in [1.29, 1.82) is 0 Å². The van der Waals surface area contributed by atoms with Crippen LogP contribution in [-0.4, -0.2) is 30.9 Å². The summed E-state index contributed by atoms with van der Waals surface area (Å²) in [6, 6.07) is 7.43. The highest BCUT2D eigenvalue weighted by Crippen LogP contribution is 2.25. The minimum absolute atomic E-state index is 0.201. The number of hydrogen-bond donors (Lipinski definition) is 3. The van der Waals surface area contributed by atoms with E-state index in [0.717, 1.165) is 16.5 Å². The van der Waals surface area contributed by atoms with Gasteiger partial charge < -0.3 is 10.8 Å². The van der Waals surface area contributed by atoms with E-state index in [2.05, 4.69) is 32.0 Å². The fourth-order valence-electron chi connectivity index (χ4n) is 2.02. The minimum atomic E-state index is -1.03. The van der Waals surface area contributed by atoms with Crippen LogP contribution in [0.4, 0.5) is 5.95 Å². The van der Waals surface area contributed by atoms with Gasteiger partial charge in [-0.2, -0.15) is 5.10 Å². The summed E-state index contributed by atoms with van der Waals surface area (Å²) in [7, 11) is 0. The molecule has 0 aliphatic carbocycles. The van der Waals surface area contributed by atoms with E-state index in [1.54, 1.807) is 26.1 Å². The maximum absolute atomic E-state index is 9.69. The van der Waals surface area contributed by atoms with Gasteiger partial charge in [-0.1, -0.05) is 11.8 Å². The van der Waals surface area contributed by atoms with E-state index < -0.39 is 5.60 Å². The molecule has 0 bridgehead atoms. The van der Waals surface area contributed by atoms with Crippen LogP contribution in [-0.2, 0) is 0 Å². The van der Waals surface area contributed by atoms with Crippen molar-refractivity contribution in [2.24, 2.45) is 0 Å². The van der Waals surface area contributed by atoms with E-state index in [1.165, 1.54) is 0 Å². The van der Waals surface area contributed by atoms with Crippen LogP contribution >= 0.6 is 0 Å². The Hall–Kier alpha value is -2.91. The Morgan fingerprint density at radius 2 is 2.09 bits per heavy atom. The average molecular weight is 293 g/mol. The molecule has 3 aromatic rings. The van der Waals surface area contributed by atoms with E-state index >= 15 is 0 Å². The molecule has 0 amide bonds. The summed E-state index contributed by atoms with van der Waals surface area (Å²) in [5, 5.41) is 17.8. The van der Waals surface area contributed by atoms with Crippen molar-refractivity contribution in [1.82, 2.24) is 20.2 Å². The highest BCUT2D eigenvalue weighted by atomic mass is 16.3. The second-order valence-electron chi connectivity index (χ2n) is 5.44. The number of anilines is 1. The zero-order valence-electron chi connectivity index (χ0n) is 12.3. The topological polar surface area (TPSA) is 101 Å². The van der Waals surface area contributed by atoms with Crippen molar-refractivity contribution in [3.05, 3.63) is 36.0 Å². The summed E-state index contributed by atoms with van der Waals surface area (Å²) in [6.45, 7) is 3.29. The summed E-state index contributed by atoms with van der Waals surface area (Å²) >= 11 is 0. The zero-order chi connectivity index (χ0) is 15.7. The molecule has 0 fully saturated rings. The average Bonchev–Trinajstić information content (AvgIpc) is 2.87. The smallest absolute Gasteiger partial charge is 0.220 e. The number of aromatic amines is 1. The van der Waals surface area contributed by atoms with E-state index in [9.17, 15) is 5.11 Å². The summed E-state index contributed by atoms with van der Waals surface area (Å²) in [5.74, 6) is 5.95. The van der Waals surface area contributed by atoms with Gasteiger partial charge in [-0.25, -0.2) is 9.97 Å². The Morgan fingerprint density at radius 1 is 1.27 bits per heavy atom. The zero-order valence-corrected chi connectivity index (χ0v) is 12.3. The number of hydrogen-bond acceptors (Lipinski definition) is 5. The lowest BCUT2D eigenvalue weighted by molar-refractivity contribution is 0.143. The van der Waals surface area contributed by atoms with Gasteiger partial charge in [0.2, 0.25) is 5.95 Å². The molecule has 0 aliphatic rings. The first-order valence-electron chi connectivity index (χ1n) is 6.75. The van der Waals surface area contributed by atoms with Crippen molar-refractivity contribution < 1.29 is 5.11 Å². The molecular formula is C16H15N5O. The van der Waals surface area contributed by atoms with E-state index in [1.807, 2.05) is 18.2 Å². The monoisotopic (exact) mass is 293 g/mol. The van der Waals surface area contributed by atoms with E-state index in [4.69, 9.17) is 5.73 Å². The van der Waals surface area contributed by atoms with Crippen LogP contribution in [0.25, 0.3) is 22.3 Å². The molecule has 6 nitrogen and oxygen atoms in total. The maximum Gasteiger partial charge on any atom is 0.220 e. The number of nitrogen functional groups attached to an aromatic ring is 1. The van der Waals surface area contributed by atoms with Crippen LogP contribution in [0.15, 0.2) is 30.5 Å². The molecular weight excluding hydrogens is 278 g/mol. The second-order valence-corrected chi connectivity index (χ2v) is 5.44. The van der Waals surface area contributed by atoms with E-state index in [-0.39, 0.29) is 5.95 Å². The molecule has 0 saturated heterocycles. The third-order valence-electron chi connectivity index (χ3n) is 2.99. The minimum Gasteiger partial charge on any atom is -0.378 e. The highest BCUT2D eigenvalue weighted by molar-refractivity contribution is 5.92. The molecule has 4 N–H and O–H groups in total. The summed E-state index contributed by atoms with van der Waals surface area (Å²) in [6.07, 6.45) is 1.59. The molecule has 0 radical (unpaired) electrons. The number of H-pyrrole nitrogens is 1. The van der Waals surface area contributed by atoms with Crippen LogP contribution in [0.3, 0.4) is 0 Å². The number of nitrogens with zero attached hydrogens (tertiary/aromatic N) is 3. The Balaban J connectivity index is 2.11. The number of rotatable bonds is 1. The lowest BCUT2D eigenvalue weighted by Crippen LogP contribution is -2.14. The first-order chi connectivity index (χ1) is 10.4. The lowest BCUT2D eigenvalue weighted by atomic mass is 10.1. The lowest BCUT2D eigenvalue weighted by Gasteiger charge is -2.05. The first-order valence-corrected chi connectivity index (χ1v) is 6.75. The molecule has 6 heteroatoms. The van der Waals surface area contributed by atoms with Crippen LogP contribution in [0, 0.1) is 11.8 Å². The largest absolute Gasteiger partial charge is 0.378 e. The molecule has 2 heterocycles. The first kappa shape index (κ1) is 14.0. The molecule has 3 rings (SSSR count). The van der Waals surface area contributed by atoms with Gasteiger partial charge in [-0.05, 0) is 38.1 Å². The van der Waals surface area contributed by atoms with Crippen molar-refractivity contribution in [2.45, 2.75) is 19.4 Å². The van der Waals surface area contributed by atoms with Gasteiger partial charge >= 0.3 is 0 Å². The van der Waals surface area contributed by atoms with Crippen LogP contribution in [0.2, 0.25) is 0 Å². The molecule has 110 valence electrons. The Morgan fingerprint density at radius 3 is 2.82 bits per heavy atom. The molecule has 0 saturated carbocycles. The van der Waals surface area contributed by atoms with Gasteiger partial charge in [0.15, 0.2) is 0 Å². The third kappa shape index (κ3) is 2.90. The summed E-state index contributed by atoms with van der Waals surface area (Å²) in [5.41, 5.74) is 7.59. The molecule has 0 spiro atoms. The molecule has 0 unspecified atom stereocenters. The predicted molar refractivity (Wildman–Crippen MR) is 84.7 cm³/mol. The Kier molecular flexibility index (Phi) is 3.28. The summed E-state index contributed by atoms with van der Waals surface area (Å²) in [4.78, 5) is 8.07. The van der Waals surface area contributed by atoms with Gasteiger partial charge in [0.25, 0.3) is 0 Å². The van der Waals surface area contributed by atoms with Gasteiger partial charge in [0, 0.05) is 17.1 Å². The van der Waals surface area contributed by atoms with Crippen molar-refractivity contribution in [3.63, 3.8) is 0 Å². The quantitative estimate of drug-likeness (QED) is 0.593. The van der Waals surface area contributed by atoms with Crippen LogP contribution in [0.1, 0.15) is 19.4 Å². The normalized spacial score (nSPS) is 11.2. The van der Waals surface area contributed by atoms with Crippen LogP contribution in [0.5, 0.6) is 0 Å². The summed E-state index contributed by atoms with van der Waals surface area (Å²) < 4.78 is 0. The number of fused-ring (bicyclic) bond motifs is 1. The fraction of sp³-hybridized carbons (Fsp3) is 0.188. The molecule has 22 heavy (non-hydrogen) atoms. The number of aliphatic hydroxyl groups is 1. The van der Waals surface area contributed by atoms with E-state index in [0.29, 0.717) is 11.4 Å².